The van der Waals surface area contributed by atoms with Crippen molar-refractivity contribution in [3.05, 3.63) is 48.2 Å². The van der Waals surface area contributed by atoms with Crippen LogP contribution in [-0.2, 0) is 6.61 Å². The number of aliphatic hydroxyl groups is 1. The van der Waals surface area contributed by atoms with E-state index in [0.717, 1.165) is 5.56 Å². The highest BCUT2D eigenvalue weighted by molar-refractivity contribution is 5.53. The van der Waals surface area contributed by atoms with Gasteiger partial charge < -0.3 is 5.11 Å². The van der Waals surface area contributed by atoms with Gasteiger partial charge in [0.25, 0.3) is 0 Å². The molecule has 0 unspecified atom stereocenters. The molecular formula is C12H10N6O. The molecular weight excluding hydrogens is 244 g/mol. The second-order valence-corrected chi connectivity index (χ2v) is 3.81. The minimum Gasteiger partial charge on any atom is -0.390 e. The van der Waals surface area contributed by atoms with Crippen LogP contribution in [0.3, 0.4) is 0 Å². The lowest BCUT2D eigenvalue weighted by Crippen LogP contribution is -2.04. The second kappa shape index (κ2) is 4.91. The molecule has 0 atom stereocenters. The van der Waals surface area contributed by atoms with Crippen LogP contribution >= 0.6 is 0 Å². The highest BCUT2D eigenvalue weighted by Gasteiger charge is 2.08. The quantitative estimate of drug-likeness (QED) is 0.736. The number of hydrogen-bond donors (Lipinski definition) is 1. The van der Waals surface area contributed by atoms with Gasteiger partial charge in [-0.3, -0.25) is 0 Å². The minimum atomic E-state index is -0.146. The summed E-state index contributed by atoms with van der Waals surface area (Å²) < 4.78 is 0. The molecule has 2 aromatic heterocycles. The zero-order valence-electron chi connectivity index (χ0n) is 9.88. The summed E-state index contributed by atoms with van der Waals surface area (Å²) in [7, 11) is 0. The predicted octanol–water partition coefficient (Wildman–Crippen LogP) is 0.612. The predicted molar refractivity (Wildman–Crippen MR) is 66.1 cm³/mol. The van der Waals surface area contributed by atoms with E-state index >= 15 is 0 Å². The summed E-state index contributed by atoms with van der Waals surface area (Å²) in [5.41, 5.74) is 1.38. The Morgan fingerprint density at radius 3 is 2.47 bits per heavy atom. The summed E-state index contributed by atoms with van der Waals surface area (Å²) in [5.74, 6) is 0.973. The molecule has 0 radical (unpaired) electrons. The van der Waals surface area contributed by atoms with E-state index in [9.17, 15) is 0 Å². The van der Waals surface area contributed by atoms with Gasteiger partial charge >= 0.3 is 0 Å². The van der Waals surface area contributed by atoms with Gasteiger partial charge in [-0.25, -0.2) is 0 Å². The number of rotatable bonds is 3. The number of aliphatic hydroxyl groups excluding tert-OH is 1. The summed E-state index contributed by atoms with van der Waals surface area (Å²) in [5, 5.41) is 28.8. The van der Waals surface area contributed by atoms with Gasteiger partial charge in [-0.05, 0) is 17.3 Å². The van der Waals surface area contributed by atoms with Crippen molar-refractivity contribution in [2.75, 3.05) is 0 Å². The van der Waals surface area contributed by atoms with E-state index in [1.807, 2.05) is 30.3 Å². The smallest absolute Gasteiger partial charge is 0.205 e. The Balaban J connectivity index is 1.92. The summed E-state index contributed by atoms with van der Waals surface area (Å²) in [6, 6.07) is 12.9. The van der Waals surface area contributed by atoms with Gasteiger partial charge in [0, 0.05) is 5.56 Å². The summed E-state index contributed by atoms with van der Waals surface area (Å²) in [6.45, 7) is -0.146. The van der Waals surface area contributed by atoms with E-state index in [4.69, 9.17) is 5.11 Å². The molecule has 94 valence electrons. The number of nitrogens with zero attached hydrogens (tertiary/aromatic N) is 6. The van der Waals surface area contributed by atoms with Crippen LogP contribution in [0.15, 0.2) is 42.5 Å². The fourth-order valence-corrected chi connectivity index (χ4v) is 1.56. The molecule has 0 saturated carbocycles. The molecule has 0 aliphatic heterocycles. The van der Waals surface area contributed by atoms with Crippen molar-refractivity contribution < 1.29 is 5.11 Å². The number of aromatic nitrogens is 6. The van der Waals surface area contributed by atoms with Crippen LogP contribution in [0.2, 0.25) is 0 Å². The highest BCUT2D eigenvalue weighted by atomic mass is 16.3. The lowest BCUT2D eigenvalue weighted by Gasteiger charge is -1.97. The first-order chi connectivity index (χ1) is 9.36. The number of tetrazole rings is 1. The van der Waals surface area contributed by atoms with Crippen LogP contribution in [0.5, 0.6) is 0 Å². The minimum absolute atomic E-state index is 0.146. The molecule has 1 N–H and O–H groups in total. The Bertz CT molecular complexity index is 664. The third-order valence-electron chi connectivity index (χ3n) is 2.52. The molecule has 0 spiro atoms. The fraction of sp³-hybridized carbons (Fsp3) is 0.0833. The first-order valence-electron chi connectivity index (χ1n) is 5.66. The lowest BCUT2D eigenvalue weighted by molar-refractivity contribution is 0.275. The molecule has 0 aliphatic carbocycles. The van der Waals surface area contributed by atoms with Crippen LogP contribution in [0.4, 0.5) is 0 Å². The summed E-state index contributed by atoms with van der Waals surface area (Å²) in [4.78, 5) is 1.30. The van der Waals surface area contributed by atoms with E-state index in [1.54, 1.807) is 12.1 Å². The van der Waals surface area contributed by atoms with Gasteiger partial charge in [-0.2, -0.15) is 5.10 Å². The van der Waals surface area contributed by atoms with Crippen LogP contribution in [0.1, 0.15) is 5.69 Å². The molecule has 7 nitrogen and oxygen atoms in total. The Labute approximate surface area is 108 Å². The van der Waals surface area contributed by atoms with Gasteiger partial charge in [0.15, 0.2) is 5.82 Å². The zero-order valence-corrected chi connectivity index (χ0v) is 9.88. The van der Waals surface area contributed by atoms with Crippen molar-refractivity contribution in [2.45, 2.75) is 6.61 Å². The molecule has 0 saturated heterocycles. The van der Waals surface area contributed by atoms with E-state index < -0.39 is 0 Å². The average molecular weight is 254 g/mol. The van der Waals surface area contributed by atoms with Crippen LogP contribution in [0.25, 0.3) is 17.2 Å². The molecule has 3 aromatic rings. The molecule has 1 aromatic carbocycles. The standard InChI is InChI=1S/C12H10N6O/c19-8-10-6-7-11(14-13-10)18-16-12(15-17-18)9-4-2-1-3-5-9/h1-7,19H,8H2. The average Bonchev–Trinajstić information content (AvgIpc) is 2.98. The van der Waals surface area contributed by atoms with E-state index in [0.29, 0.717) is 17.3 Å². The van der Waals surface area contributed by atoms with Crippen LogP contribution in [0, 0.1) is 0 Å². The second-order valence-electron chi connectivity index (χ2n) is 3.81. The monoisotopic (exact) mass is 254 g/mol. The maximum absolute atomic E-state index is 8.90. The van der Waals surface area contributed by atoms with Gasteiger partial charge in [0.05, 0.1) is 12.3 Å². The summed E-state index contributed by atoms with van der Waals surface area (Å²) in [6.07, 6.45) is 0. The maximum Gasteiger partial charge on any atom is 0.205 e. The molecule has 3 rings (SSSR count). The van der Waals surface area contributed by atoms with E-state index in [2.05, 4.69) is 25.6 Å². The molecule has 0 aliphatic rings. The molecule has 2 heterocycles. The topological polar surface area (TPSA) is 89.6 Å². The van der Waals surface area contributed by atoms with Gasteiger partial charge in [0.2, 0.25) is 5.82 Å². The largest absolute Gasteiger partial charge is 0.390 e. The fourth-order valence-electron chi connectivity index (χ4n) is 1.56. The Morgan fingerprint density at radius 1 is 0.947 bits per heavy atom. The van der Waals surface area contributed by atoms with Crippen molar-refractivity contribution in [1.29, 1.82) is 0 Å². The normalized spacial score (nSPS) is 10.6. The van der Waals surface area contributed by atoms with E-state index in [-0.39, 0.29) is 6.61 Å². The number of hydrogen-bond acceptors (Lipinski definition) is 6. The number of benzene rings is 1. The highest BCUT2D eigenvalue weighted by Crippen LogP contribution is 2.12. The molecule has 0 fully saturated rings. The third kappa shape index (κ3) is 2.31. The molecule has 0 amide bonds. The first kappa shape index (κ1) is 11.4. The Morgan fingerprint density at radius 2 is 1.79 bits per heavy atom. The Hall–Kier alpha value is -2.67. The Kier molecular flexibility index (Phi) is 2.95. The maximum atomic E-state index is 8.90. The first-order valence-corrected chi connectivity index (χ1v) is 5.66. The summed E-state index contributed by atoms with van der Waals surface area (Å²) >= 11 is 0. The van der Waals surface area contributed by atoms with Crippen molar-refractivity contribution in [1.82, 2.24) is 30.4 Å². The van der Waals surface area contributed by atoms with Crippen molar-refractivity contribution in [3.63, 3.8) is 0 Å². The van der Waals surface area contributed by atoms with Crippen molar-refractivity contribution in [3.8, 4) is 17.2 Å². The van der Waals surface area contributed by atoms with Gasteiger partial charge in [-0.15, -0.1) is 20.1 Å². The molecule has 0 bridgehead atoms. The third-order valence-corrected chi connectivity index (χ3v) is 2.52. The van der Waals surface area contributed by atoms with Crippen molar-refractivity contribution in [2.24, 2.45) is 0 Å². The van der Waals surface area contributed by atoms with Gasteiger partial charge in [0.1, 0.15) is 0 Å². The molecule has 19 heavy (non-hydrogen) atoms. The van der Waals surface area contributed by atoms with Gasteiger partial charge in [-0.1, -0.05) is 30.3 Å². The molecule has 7 heteroatoms. The zero-order chi connectivity index (χ0) is 13.1. The van der Waals surface area contributed by atoms with Crippen LogP contribution in [-0.4, -0.2) is 35.5 Å². The lowest BCUT2D eigenvalue weighted by atomic mass is 10.2. The SMILES string of the molecule is OCc1ccc(-n2nnc(-c3ccccc3)n2)nn1. The van der Waals surface area contributed by atoms with Crippen LogP contribution < -0.4 is 0 Å². The van der Waals surface area contributed by atoms with E-state index in [1.165, 1.54) is 4.80 Å². The van der Waals surface area contributed by atoms with Crippen molar-refractivity contribution >= 4 is 0 Å².